The maximum absolute atomic E-state index is 12.2. The molecule has 1 aromatic heterocycles. The van der Waals surface area contributed by atoms with Crippen molar-refractivity contribution in [3.8, 4) is 5.75 Å². The fourth-order valence-electron chi connectivity index (χ4n) is 1.71. The minimum absolute atomic E-state index is 0.0217. The molecule has 1 N–H and O–H groups in total. The normalized spacial score (nSPS) is 10.0. The number of rotatable bonds is 4. The Morgan fingerprint density at radius 1 is 1.38 bits per heavy atom. The van der Waals surface area contributed by atoms with Crippen LogP contribution in [0.15, 0.2) is 36.5 Å². The quantitative estimate of drug-likeness (QED) is 0.692. The smallest absolute Gasteiger partial charge is 0.311 e. The summed E-state index contributed by atoms with van der Waals surface area (Å²) in [7, 11) is 1.26. The van der Waals surface area contributed by atoms with E-state index in [0.717, 1.165) is 0 Å². The van der Waals surface area contributed by atoms with Crippen molar-refractivity contribution in [1.29, 1.82) is 0 Å². The second kappa shape index (κ2) is 6.19. The van der Waals surface area contributed by atoms with Crippen LogP contribution in [-0.2, 0) is 0 Å². The number of amides is 1. The summed E-state index contributed by atoms with van der Waals surface area (Å²) >= 11 is 5.89. The van der Waals surface area contributed by atoms with E-state index in [1.807, 2.05) is 0 Å². The van der Waals surface area contributed by atoms with Crippen LogP contribution in [0.3, 0.4) is 0 Å². The predicted octanol–water partition coefficient (Wildman–Crippen LogP) is 2.90. The number of aromatic nitrogens is 1. The molecule has 0 saturated carbocycles. The van der Waals surface area contributed by atoms with E-state index < -0.39 is 10.8 Å². The van der Waals surface area contributed by atoms with E-state index in [-0.39, 0.29) is 27.8 Å². The van der Waals surface area contributed by atoms with Crippen LogP contribution < -0.4 is 10.1 Å². The number of carbonyl (C=O) groups excluding carboxylic acids is 1. The first-order valence-corrected chi connectivity index (χ1v) is 6.15. The van der Waals surface area contributed by atoms with Gasteiger partial charge in [-0.05, 0) is 18.2 Å². The van der Waals surface area contributed by atoms with E-state index in [9.17, 15) is 14.9 Å². The molecule has 1 amide bonds. The highest BCUT2D eigenvalue weighted by atomic mass is 35.5. The molecule has 0 fully saturated rings. The average molecular weight is 308 g/mol. The SMILES string of the molecule is COc1c(C(=O)Nc2ncccc2Cl)cccc1[N+](=O)[O-]. The molecular weight excluding hydrogens is 298 g/mol. The van der Waals surface area contributed by atoms with Crippen molar-refractivity contribution >= 4 is 29.0 Å². The lowest BCUT2D eigenvalue weighted by Gasteiger charge is -2.09. The zero-order valence-electron chi connectivity index (χ0n) is 10.9. The molecule has 0 aliphatic carbocycles. The predicted molar refractivity (Wildman–Crippen MR) is 76.8 cm³/mol. The molecule has 21 heavy (non-hydrogen) atoms. The van der Waals surface area contributed by atoms with Gasteiger partial charge >= 0.3 is 5.69 Å². The molecule has 0 aliphatic heterocycles. The topological polar surface area (TPSA) is 94.4 Å². The molecule has 0 aliphatic rings. The van der Waals surface area contributed by atoms with Crippen LogP contribution in [0.2, 0.25) is 5.02 Å². The van der Waals surface area contributed by atoms with E-state index in [1.54, 1.807) is 12.1 Å². The number of nitrogens with one attached hydrogen (secondary N) is 1. The van der Waals surface area contributed by atoms with Crippen LogP contribution in [-0.4, -0.2) is 22.9 Å². The van der Waals surface area contributed by atoms with Crippen LogP contribution in [0.25, 0.3) is 0 Å². The fourth-order valence-corrected chi connectivity index (χ4v) is 1.88. The van der Waals surface area contributed by atoms with Crippen molar-refractivity contribution < 1.29 is 14.5 Å². The number of hydrogen-bond acceptors (Lipinski definition) is 5. The number of nitro benzene ring substituents is 1. The second-order valence-electron chi connectivity index (χ2n) is 3.90. The molecule has 1 heterocycles. The highest BCUT2D eigenvalue weighted by molar-refractivity contribution is 6.33. The maximum atomic E-state index is 12.2. The molecule has 0 radical (unpaired) electrons. The van der Waals surface area contributed by atoms with Crippen molar-refractivity contribution in [2.75, 3.05) is 12.4 Å². The number of carbonyl (C=O) groups is 1. The number of anilines is 1. The van der Waals surface area contributed by atoms with Crippen molar-refractivity contribution in [3.05, 3.63) is 57.2 Å². The van der Waals surface area contributed by atoms with Crippen molar-refractivity contribution in [1.82, 2.24) is 4.98 Å². The minimum Gasteiger partial charge on any atom is -0.490 e. The first-order valence-electron chi connectivity index (χ1n) is 5.78. The third-order valence-electron chi connectivity index (χ3n) is 2.63. The van der Waals surface area contributed by atoms with Gasteiger partial charge in [0.05, 0.1) is 22.6 Å². The van der Waals surface area contributed by atoms with Crippen LogP contribution in [0, 0.1) is 10.1 Å². The summed E-state index contributed by atoms with van der Waals surface area (Å²) in [5.74, 6) is -0.555. The molecule has 0 saturated heterocycles. The van der Waals surface area contributed by atoms with Crippen LogP contribution in [0.5, 0.6) is 5.75 Å². The Hall–Kier alpha value is -2.67. The zero-order chi connectivity index (χ0) is 15.4. The highest BCUT2D eigenvalue weighted by Crippen LogP contribution is 2.31. The zero-order valence-corrected chi connectivity index (χ0v) is 11.6. The van der Waals surface area contributed by atoms with Crippen molar-refractivity contribution in [2.45, 2.75) is 0 Å². The molecule has 2 rings (SSSR count). The molecule has 7 nitrogen and oxygen atoms in total. The standard InChI is InChI=1S/C13H10ClN3O4/c1-21-11-8(4-2-6-10(11)17(19)20)13(18)16-12-9(14)5-3-7-15-12/h2-7H,1H3,(H,15,16,18). The number of halogens is 1. The lowest BCUT2D eigenvalue weighted by Crippen LogP contribution is -2.15. The molecule has 2 aromatic rings. The number of nitro groups is 1. The Morgan fingerprint density at radius 3 is 2.76 bits per heavy atom. The summed E-state index contributed by atoms with van der Waals surface area (Å²) in [5.41, 5.74) is -0.273. The summed E-state index contributed by atoms with van der Waals surface area (Å²) in [6, 6.07) is 7.25. The second-order valence-corrected chi connectivity index (χ2v) is 4.31. The van der Waals surface area contributed by atoms with Crippen molar-refractivity contribution in [2.24, 2.45) is 0 Å². The van der Waals surface area contributed by atoms with E-state index in [1.165, 1.54) is 31.5 Å². The van der Waals surface area contributed by atoms with Gasteiger partial charge in [-0.25, -0.2) is 4.98 Å². The number of para-hydroxylation sites is 1. The number of methoxy groups -OCH3 is 1. The van der Waals surface area contributed by atoms with Gasteiger partial charge in [0.25, 0.3) is 5.91 Å². The average Bonchev–Trinajstić information content (AvgIpc) is 2.48. The van der Waals surface area contributed by atoms with Gasteiger partial charge in [0, 0.05) is 12.3 Å². The van der Waals surface area contributed by atoms with Gasteiger partial charge in [-0.15, -0.1) is 0 Å². The minimum atomic E-state index is -0.622. The van der Waals surface area contributed by atoms with Gasteiger partial charge in [0.15, 0.2) is 5.82 Å². The Balaban J connectivity index is 2.38. The first-order chi connectivity index (χ1) is 10.0. The van der Waals surface area contributed by atoms with E-state index in [2.05, 4.69) is 10.3 Å². The molecule has 0 atom stereocenters. The van der Waals surface area contributed by atoms with Gasteiger partial charge in [-0.2, -0.15) is 0 Å². The summed E-state index contributed by atoms with van der Waals surface area (Å²) in [4.78, 5) is 26.4. The largest absolute Gasteiger partial charge is 0.490 e. The molecule has 0 unspecified atom stereocenters. The van der Waals surface area contributed by atoms with Crippen LogP contribution in [0.4, 0.5) is 11.5 Å². The number of benzene rings is 1. The molecule has 108 valence electrons. The van der Waals surface area contributed by atoms with Gasteiger partial charge in [-0.1, -0.05) is 17.7 Å². The highest BCUT2D eigenvalue weighted by Gasteiger charge is 2.23. The van der Waals surface area contributed by atoms with Crippen LogP contribution in [0.1, 0.15) is 10.4 Å². The van der Waals surface area contributed by atoms with E-state index in [4.69, 9.17) is 16.3 Å². The van der Waals surface area contributed by atoms with Gasteiger partial charge in [-0.3, -0.25) is 14.9 Å². The lowest BCUT2D eigenvalue weighted by atomic mass is 10.1. The molecule has 0 bridgehead atoms. The maximum Gasteiger partial charge on any atom is 0.311 e. The summed E-state index contributed by atoms with van der Waals surface area (Å²) in [5, 5.41) is 13.7. The molecular formula is C13H10ClN3O4. The summed E-state index contributed by atoms with van der Waals surface area (Å²) in [6.45, 7) is 0. The van der Waals surface area contributed by atoms with E-state index in [0.29, 0.717) is 0 Å². The molecule has 1 aromatic carbocycles. The monoisotopic (exact) mass is 307 g/mol. The third kappa shape index (κ3) is 3.09. The van der Waals surface area contributed by atoms with Gasteiger partial charge in [0.1, 0.15) is 0 Å². The molecule has 8 heteroatoms. The molecule has 0 spiro atoms. The lowest BCUT2D eigenvalue weighted by molar-refractivity contribution is -0.385. The Kier molecular flexibility index (Phi) is 4.34. The summed E-state index contributed by atoms with van der Waals surface area (Å²) < 4.78 is 4.97. The number of ether oxygens (including phenoxy) is 1. The number of hydrogen-bond donors (Lipinski definition) is 1. The van der Waals surface area contributed by atoms with Gasteiger partial charge in [0.2, 0.25) is 5.75 Å². The summed E-state index contributed by atoms with van der Waals surface area (Å²) in [6.07, 6.45) is 1.46. The van der Waals surface area contributed by atoms with Crippen molar-refractivity contribution in [3.63, 3.8) is 0 Å². The van der Waals surface area contributed by atoms with E-state index >= 15 is 0 Å². The fraction of sp³-hybridized carbons (Fsp3) is 0.0769. The number of nitrogens with zero attached hydrogens (tertiary/aromatic N) is 2. The Morgan fingerprint density at radius 2 is 2.14 bits per heavy atom. The Bertz CT molecular complexity index is 706. The van der Waals surface area contributed by atoms with Crippen LogP contribution >= 0.6 is 11.6 Å². The Labute approximate surface area is 124 Å². The van der Waals surface area contributed by atoms with Gasteiger partial charge < -0.3 is 10.1 Å². The first kappa shape index (κ1) is 14.7. The third-order valence-corrected chi connectivity index (χ3v) is 2.94. The number of pyridine rings is 1.